The van der Waals surface area contributed by atoms with Gasteiger partial charge in [0.05, 0.1) is 0 Å². The van der Waals surface area contributed by atoms with Gasteiger partial charge < -0.3 is 5.32 Å². The van der Waals surface area contributed by atoms with E-state index in [0.717, 1.165) is 22.5 Å². The van der Waals surface area contributed by atoms with E-state index in [1.165, 1.54) is 0 Å². The largest absolute Gasteiger partial charge is 0.321 e. The molecular formula is C18H17N3O. The highest BCUT2D eigenvalue weighted by Crippen LogP contribution is 2.21. The van der Waals surface area contributed by atoms with Gasteiger partial charge >= 0.3 is 0 Å². The predicted octanol–water partition coefficient (Wildman–Crippen LogP) is 3.65. The lowest BCUT2D eigenvalue weighted by Gasteiger charge is -2.05. The van der Waals surface area contributed by atoms with Crippen LogP contribution in [0.2, 0.25) is 0 Å². The highest BCUT2D eigenvalue weighted by Gasteiger charge is 2.11. The summed E-state index contributed by atoms with van der Waals surface area (Å²) in [6.45, 7) is 1.92. The number of benzene rings is 2. The van der Waals surface area contributed by atoms with Crippen LogP contribution in [0.25, 0.3) is 11.1 Å². The first-order valence-corrected chi connectivity index (χ1v) is 7.11. The van der Waals surface area contributed by atoms with Crippen LogP contribution in [-0.2, 0) is 7.05 Å². The molecule has 0 radical (unpaired) electrons. The van der Waals surface area contributed by atoms with Gasteiger partial charge in [-0.1, -0.05) is 42.5 Å². The Morgan fingerprint density at radius 3 is 2.23 bits per heavy atom. The molecule has 0 aliphatic heterocycles. The second-order valence-electron chi connectivity index (χ2n) is 5.19. The van der Waals surface area contributed by atoms with E-state index in [0.29, 0.717) is 5.69 Å². The van der Waals surface area contributed by atoms with E-state index in [-0.39, 0.29) is 5.91 Å². The molecular weight excluding hydrogens is 274 g/mol. The molecule has 0 fully saturated rings. The maximum Gasteiger partial charge on any atom is 0.276 e. The molecule has 0 unspecified atom stereocenters. The van der Waals surface area contributed by atoms with Crippen molar-refractivity contribution in [1.82, 2.24) is 9.78 Å². The summed E-state index contributed by atoms with van der Waals surface area (Å²) in [5.74, 6) is -0.198. The number of aromatic nitrogens is 2. The number of anilines is 1. The predicted molar refractivity (Wildman–Crippen MR) is 87.8 cm³/mol. The van der Waals surface area contributed by atoms with Crippen molar-refractivity contribution < 1.29 is 4.79 Å². The van der Waals surface area contributed by atoms with Gasteiger partial charge in [0.25, 0.3) is 5.91 Å². The SMILES string of the molecule is Cc1cc(C(=O)Nc2ccc(-c3ccccc3)cc2)nn1C. The number of hydrogen-bond donors (Lipinski definition) is 1. The maximum absolute atomic E-state index is 12.1. The van der Waals surface area contributed by atoms with Crippen molar-refractivity contribution in [3.05, 3.63) is 72.1 Å². The molecule has 0 saturated heterocycles. The van der Waals surface area contributed by atoms with Crippen LogP contribution in [0.4, 0.5) is 5.69 Å². The molecule has 4 nitrogen and oxygen atoms in total. The van der Waals surface area contributed by atoms with Crippen LogP contribution >= 0.6 is 0 Å². The zero-order valence-electron chi connectivity index (χ0n) is 12.6. The lowest BCUT2D eigenvalue weighted by molar-refractivity contribution is 0.102. The number of aryl methyl sites for hydroxylation is 2. The van der Waals surface area contributed by atoms with Crippen molar-refractivity contribution in [3.63, 3.8) is 0 Å². The molecule has 0 aliphatic carbocycles. The topological polar surface area (TPSA) is 46.9 Å². The number of nitrogens with zero attached hydrogens (tertiary/aromatic N) is 2. The number of carbonyl (C=O) groups is 1. The van der Waals surface area contributed by atoms with Gasteiger partial charge in [0.1, 0.15) is 0 Å². The molecule has 1 amide bonds. The minimum atomic E-state index is -0.198. The van der Waals surface area contributed by atoms with Crippen molar-refractivity contribution in [2.45, 2.75) is 6.92 Å². The second kappa shape index (κ2) is 5.85. The molecule has 1 aromatic heterocycles. The Morgan fingerprint density at radius 1 is 1.00 bits per heavy atom. The third-order valence-electron chi connectivity index (χ3n) is 3.60. The number of carbonyl (C=O) groups excluding carboxylic acids is 1. The Hall–Kier alpha value is -2.88. The summed E-state index contributed by atoms with van der Waals surface area (Å²) in [6, 6.07) is 19.7. The number of hydrogen-bond acceptors (Lipinski definition) is 2. The van der Waals surface area contributed by atoms with Crippen LogP contribution in [0.1, 0.15) is 16.2 Å². The minimum absolute atomic E-state index is 0.198. The van der Waals surface area contributed by atoms with Crippen molar-refractivity contribution in [3.8, 4) is 11.1 Å². The average Bonchev–Trinajstić information content (AvgIpc) is 2.88. The summed E-state index contributed by atoms with van der Waals surface area (Å²) in [4.78, 5) is 12.1. The van der Waals surface area contributed by atoms with Crippen LogP contribution in [0.15, 0.2) is 60.7 Å². The molecule has 0 atom stereocenters. The number of rotatable bonds is 3. The Kier molecular flexibility index (Phi) is 3.74. The zero-order valence-corrected chi connectivity index (χ0v) is 12.6. The molecule has 1 heterocycles. The highest BCUT2D eigenvalue weighted by atomic mass is 16.1. The van der Waals surface area contributed by atoms with Gasteiger partial charge in [-0.2, -0.15) is 5.10 Å². The summed E-state index contributed by atoms with van der Waals surface area (Å²) in [6.07, 6.45) is 0. The standard InChI is InChI=1S/C18H17N3O/c1-13-12-17(20-21(13)2)18(22)19-16-10-8-15(9-11-16)14-6-4-3-5-7-14/h3-12H,1-2H3,(H,19,22). The lowest BCUT2D eigenvalue weighted by Crippen LogP contribution is -2.12. The van der Waals surface area contributed by atoms with Gasteiger partial charge in [-0.3, -0.25) is 9.48 Å². The van der Waals surface area contributed by atoms with E-state index in [9.17, 15) is 4.79 Å². The first-order chi connectivity index (χ1) is 10.6. The second-order valence-corrected chi connectivity index (χ2v) is 5.19. The van der Waals surface area contributed by atoms with E-state index in [1.54, 1.807) is 10.7 Å². The molecule has 4 heteroatoms. The lowest BCUT2D eigenvalue weighted by atomic mass is 10.1. The van der Waals surface area contributed by atoms with Gasteiger partial charge in [0.2, 0.25) is 0 Å². The van der Waals surface area contributed by atoms with Crippen molar-refractivity contribution in [1.29, 1.82) is 0 Å². The van der Waals surface area contributed by atoms with E-state index in [4.69, 9.17) is 0 Å². The summed E-state index contributed by atoms with van der Waals surface area (Å²) in [5.41, 5.74) is 4.40. The van der Waals surface area contributed by atoms with E-state index < -0.39 is 0 Å². The third-order valence-corrected chi connectivity index (χ3v) is 3.60. The molecule has 0 spiro atoms. The van der Waals surface area contributed by atoms with E-state index in [2.05, 4.69) is 22.5 Å². The molecule has 0 bridgehead atoms. The summed E-state index contributed by atoms with van der Waals surface area (Å²) < 4.78 is 1.69. The molecule has 0 saturated carbocycles. The van der Waals surface area contributed by atoms with Gasteiger partial charge in [0.15, 0.2) is 5.69 Å². The molecule has 1 N–H and O–H groups in total. The molecule has 2 aromatic carbocycles. The molecule has 3 aromatic rings. The van der Waals surface area contributed by atoms with Gasteiger partial charge in [-0.05, 0) is 36.2 Å². The van der Waals surface area contributed by atoms with Crippen LogP contribution < -0.4 is 5.32 Å². The molecule has 3 rings (SSSR count). The van der Waals surface area contributed by atoms with Gasteiger partial charge in [-0.15, -0.1) is 0 Å². The van der Waals surface area contributed by atoms with Crippen LogP contribution in [0, 0.1) is 6.92 Å². The Bertz CT molecular complexity index is 769. The van der Waals surface area contributed by atoms with Gasteiger partial charge in [0, 0.05) is 18.4 Å². The first-order valence-electron chi connectivity index (χ1n) is 7.11. The number of nitrogens with one attached hydrogen (secondary N) is 1. The summed E-state index contributed by atoms with van der Waals surface area (Å²) in [7, 11) is 1.82. The Labute approximate surface area is 129 Å². The molecule has 0 aliphatic rings. The fourth-order valence-electron chi connectivity index (χ4n) is 2.24. The molecule has 110 valence electrons. The van der Waals surface area contributed by atoms with Crippen LogP contribution in [0.3, 0.4) is 0 Å². The van der Waals surface area contributed by atoms with Gasteiger partial charge in [-0.25, -0.2) is 0 Å². The number of amides is 1. The zero-order chi connectivity index (χ0) is 15.5. The van der Waals surface area contributed by atoms with E-state index in [1.807, 2.05) is 56.4 Å². The monoisotopic (exact) mass is 291 g/mol. The quantitative estimate of drug-likeness (QED) is 0.800. The maximum atomic E-state index is 12.1. The fraction of sp³-hybridized carbons (Fsp3) is 0.111. The molecule has 22 heavy (non-hydrogen) atoms. The van der Waals surface area contributed by atoms with Crippen LogP contribution in [0.5, 0.6) is 0 Å². The normalized spacial score (nSPS) is 10.5. The van der Waals surface area contributed by atoms with Crippen molar-refractivity contribution in [2.24, 2.45) is 7.05 Å². The highest BCUT2D eigenvalue weighted by molar-refractivity contribution is 6.03. The summed E-state index contributed by atoms with van der Waals surface area (Å²) in [5, 5.41) is 7.04. The first kappa shape index (κ1) is 14.1. The smallest absolute Gasteiger partial charge is 0.276 e. The summed E-state index contributed by atoms with van der Waals surface area (Å²) >= 11 is 0. The fourth-order valence-corrected chi connectivity index (χ4v) is 2.24. The van der Waals surface area contributed by atoms with E-state index >= 15 is 0 Å². The van der Waals surface area contributed by atoms with Crippen molar-refractivity contribution >= 4 is 11.6 Å². The van der Waals surface area contributed by atoms with Crippen LogP contribution in [-0.4, -0.2) is 15.7 Å². The Morgan fingerprint density at radius 2 is 1.64 bits per heavy atom. The third kappa shape index (κ3) is 2.91. The average molecular weight is 291 g/mol. The van der Waals surface area contributed by atoms with Crippen molar-refractivity contribution in [2.75, 3.05) is 5.32 Å². The minimum Gasteiger partial charge on any atom is -0.321 e. The Balaban J connectivity index is 1.75.